The van der Waals surface area contributed by atoms with Crippen LogP contribution in [0, 0.1) is 10.1 Å². The number of nitro groups is 1. The Morgan fingerprint density at radius 1 is 1.40 bits per heavy atom. The van der Waals surface area contributed by atoms with Gasteiger partial charge >= 0.3 is 29.6 Å². The van der Waals surface area contributed by atoms with Crippen LogP contribution in [-0.4, -0.2) is 47.5 Å². The van der Waals surface area contributed by atoms with E-state index in [0.29, 0.717) is 0 Å². The molecule has 0 aliphatic rings. The van der Waals surface area contributed by atoms with Crippen LogP contribution in [0.25, 0.3) is 0 Å². The van der Waals surface area contributed by atoms with Gasteiger partial charge < -0.3 is 0 Å². The predicted molar refractivity (Wildman–Crippen MR) is 55.5 cm³/mol. The van der Waals surface area contributed by atoms with E-state index in [2.05, 4.69) is 0 Å². The summed E-state index contributed by atoms with van der Waals surface area (Å²) in [5, 5.41) is 10.3. The van der Waals surface area contributed by atoms with Crippen LogP contribution >= 0.6 is 0 Å². The summed E-state index contributed by atoms with van der Waals surface area (Å²) in [4.78, 5) is 9.68. The third-order valence-electron chi connectivity index (χ3n) is 1.47. The summed E-state index contributed by atoms with van der Waals surface area (Å²) in [5.41, 5.74) is -0.0205. The second-order valence-corrected chi connectivity index (χ2v) is 4.11. The molecule has 1 rings (SSSR count). The molecule has 0 atom stereocenters. The molecule has 0 aromatic heterocycles. The average Bonchev–Trinajstić information content (AvgIpc) is 2.01. The van der Waals surface area contributed by atoms with E-state index in [-0.39, 0.29) is 40.8 Å². The summed E-state index contributed by atoms with van der Waals surface area (Å²) < 4.78 is 29.4. The van der Waals surface area contributed by atoms with Crippen LogP contribution in [0.5, 0.6) is 0 Å². The number of nitro benzene ring substituents is 1. The van der Waals surface area contributed by atoms with Crippen molar-refractivity contribution in [1.82, 2.24) is 0 Å². The van der Waals surface area contributed by atoms with Gasteiger partial charge in [0.25, 0.3) is 15.8 Å². The predicted octanol–water partition coefficient (Wildman–Crippen LogP) is 0.334. The van der Waals surface area contributed by atoms with Crippen LogP contribution in [0.1, 0.15) is 5.56 Å². The van der Waals surface area contributed by atoms with Crippen LogP contribution in [0.2, 0.25) is 0 Å². The average molecular weight is 241 g/mol. The standard InChI is InChI=1S/C7H7NO5S.Na.H/c9-8(10)7-3-1-2-6(4-7)5-14(11,12)13;;/h1-4H,5H2,(H,11,12,13);;. The Kier molecular flexibility index (Phi) is 5.39. The van der Waals surface area contributed by atoms with Gasteiger partial charge in [0.2, 0.25) is 0 Å². The van der Waals surface area contributed by atoms with Crippen molar-refractivity contribution < 1.29 is 17.9 Å². The molecule has 0 bridgehead atoms. The van der Waals surface area contributed by atoms with E-state index in [1.165, 1.54) is 18.2 Å². The molecule has 0 saturated heterocycles. The van der Waals surface area contributed by atoms with Gasteiger partial charge in [-0.15, -0.1) is 0 Å². The van der Waals surface area contributed by atoms with Crippen molar-refractivity contribution in [1.29, 1.82) is 0 Å². The Hall–Kier alpha value is -0.470. The summed E-state index contributed by atoms with van der Waals surface area (Å²) in [6, 6.07) is 5.10. The molecule has 0 heterocycles. The molecule has 0 spiro atoms. The maximum absolute atomic E-state index is 10.5. The van der Waals surface area contributed by atoms with Crippen molar-refractivity contribution in [3.05, 3.63) is 39.9 Å². The van der Waals surface area contributed by atoms with Crippen molar-refractivity contribution in [3.8, 4) is 0 Å². The Morgan fingerprint density at radius 2 is 2.00 bits per heavy atom. The fourth-order valence-electron chi connectivity index (χ4n) is 0.970. The molecule has 1 aromatic rings. The molecule has 6 nitrogen and oxygen atoms in total. The molecule has 0 amide bonds. The first-order valence-corrected chi connectivity index (χ1v) is 5.18. The molecule has 1 aromatic carbocycles. The van der Waals surface area contributed by atoms with Crippen LogP contribution in [-0.2, 0) is 15.9 Å². The van der Waals surface area contributed by atoms with Crippen molar-refractivity contribution in [2.24, 2.45) is 0 Å². The summed E-state index contributed by atoms with van der Waals surface area (Å²) in [5.74, 6) is -0.616. The number of hydrogen-bond acceptors (Lipinski definition) is 4. The van der Waals surface area contributed by atoms with E-state index >= 15 is 0 Å². The Balaban J connectivity index is 0.00000196. The van der Waals surface area contributed by atoms with Gasteiger partial charge in [0.1, 0.15) is 5.75 Å². The van der Waals surface area contributed by atoms with Gasteiger partial charge in [-0.3, -0.25) is 14.7 Å². The normalized spacial score (nSPS) is 10.5. The van der Waals surface area contributed by atoms with E-state index in [9.17, 15) is 18.5 Å². The van der Waals surface area contributed by atoms with Crippen molar-refractivity contribution >= 4 is 45.4 Å². The van der Waals surface area contributed by atoms with Gasteiger partial charge in [-0.05, 0) is 5.56 Å². The van der Waals surface area contributed by atoms with E-state index in [1.54, 1.807) is 0 Å². The molecule has 15 heavy (non-hydrogen) atoms. The molecular formula is C7H8NNaO5S. The number of non-ortho nitro benzene ring substituents is 1. The third kappa shape index (κ3) is 5.24. The van der Waals surface area contributed by atoms with Crippen molar-refractivity contribution in [2.75, 3.05) is 0 Å². The zero-order valence-corrected chi connectivity index (χ0v) is 7.77. The molecule has 1 N–H and O–H groups in total. The molecule has 0 saturated carbocycles. The van der Waals surface area contributed by atoms with Crippen LogP contribution in [0.3, 0.4) is 0 Å². The Morgan fingerprint density at radius 3 is 2.47 bits per heavy atom. The summed E-state index contributed by atoms with van der Waals surface area (Å²) in [7, 11) is -4.14. The first-order valence-electron chi connectivity index (χ1n) is 3.57. The molecule has 8 heteroatoms. The van der Waals surface area contributed by atoms with Crippen molar-refractivity contribution in [2.45, 2.75) is 5.75 Å². The molecular weight excluding hydrogens is 233 g/mol. The monoisotopic (exact) mass is 241 g/mol. The van der Waals surface area contributed by atoms with Crippen molar-refractivity contribution in [3.63, 3.8) is 0 Å². The van der Waals surface area contributed by atoms with Gasteiger partial charge in [0.05, 0.1) is 4.92 Å². The zero-order valence-electron chi connectivity index (χ0n) is 6.95. The van der Waals surface area contributed by atoms with E-state index in [4.69, 9.17) is 4.55 Å². The summed E-state index contributed by atoms with van der Waals surface area (Å²) in [6.45, 7) is 0. The first-order chi connectivity index (χ1) is 6.38. The van der Waals surface area contributed by atoms with E-state index in [1.807, 2.05) is 0 Å². The number of rotatable bonds is 3. The second-order valence-electron chi connectivity index (χ2n) is 2.65. The van der Waals surface area contributed by atoms with Gasteiger partial charge in [0, 0.05) is 12.1 Å². The quantitative estimate of drug-likeness (QED) is 0.356. The Labute approximate surface area is 108 Å². The minimum absolute atomic E-state index is 0. The second kappa shape index (κ2) is 5.57. The first kappa shape index (κ1) is 14.5. The third-order valence-corrected chi connectivity index (χ3v) is 2.17. The number of benzene rings is 1. The molecule has 0 aliphatic heterocycles. The number of hydrogen-bond donors (Lipinski definition) is 1. The molecule has 78 valence electrons. The molecule has 0 aliphatic carbocycles. The van der Waals surface area contributed by atoms with E-state index in [0.717, 1.165) is 6.07 Å². The number of nitrogens with zero attached hydrogens (tertiary/aromatic N) is 1. The SMILES string of the molecule is O=[N+]([O-])c1cccc(CS(=O)(=O)O)c1.[NaH]. The molecule has 0 radical (unpaired) electrons. The van der Waals surface area contributed by atoms with Gasteiger partial charge in [0.15, 0.2) is 0 Å². The van der Waals surface area contributed by atoms with Gasteiger partial charge in [-0.1, -0.05) is 12.1 Å². The van der Waals surface area contributed by atoms with Gasteiger partial charge in [-0.2, -0.15) is 8.42 Å². The van der Waals surface area contributed by atoms with Crippen LogP contribution < -0.4 is 0 Å². The zero-order chi connectivity index (χ0) is 10.8. The topological polar surface area (TPSA) is 97.5 Å². The fraction of sp³-hybridized carbons (Fsp3) is 0.143. The Bertz CT molecular complexity index is 458. The summed E-state index contributed by atoms with van der Waals surface area (Å²) >= 11 is 0. The van der Waals surface area contributed by atoms with Crippen LogP contribution in [0.4, 0.5) is 5.69 Å². The minimum atomic E-state index is -4.14. The van der Waals surface area contributed by atoms with Gasteiger partial charge in [-0.25, -0.2) is 0 Å². The van der Waals surface area contributed by atoms with Crippen LogP contribution in [0.15, 0.2) is 24.3 Å². The summed E-state index contributed by atoms with van der Waals surface area (Å²) in [6.07, 6.45) is 0. The molecule has 0 unspecified atom stereocenters. The fourth-order valence-corrected chi connectivity index (χ4v) is 1.57. The van der Waals surface area contributed by atoms with E-state index < -0.39 is 20.8 Å². The molecule has 0 fully saturated rings. The maximum atomic E-state index is 10.5.